The average molecular weight is 440 g/mol. The Balaban J connectivity index is 1.95. The molecule has 0 radical (unpaired) electrons. The smallest absolute Gasteiger partial charge is 0.410 e. The summed E-state index contributed by atoms with van der Waals surface area (Å²) in [5.74, 6) is 0.594. The fourth-order valence-electron chi connectivity index (χ4n) is 4.07. The molecule has 2 saturated heterocycles. The number of carbonyl (C=O) groups excluding carboxylic acids is 2. The molecule has 9 heteroatoms. The van der Waals surface area contributed by atoms with Gasteiger partial charge in [-0.2, -0.15) is 0 Å². The lowest BCUT2D eigenvalue weighted by Crippen LogP contribution is -2.55. The number of likely N-dealkylation sites (N-methyl/N-ethyl adjacent to an activating group) is 1. The van der Waals surface area contributed by atoms with E-state index in [0.717, 1.165) is 32.1 Å². The molecule has 0 aromatic heterocycles. The Labute approximate surface area is 186 Å². The van der Waals surface area contributed by atoms with Crippen LogP contribution in [0.15, 0.2) is 4.99 Å². The topological polar surface area (TPSA) is 95.5 Å². The van der Waals surface area contributed by atoms with Crippen molar-refractivity contribution in [2.75, 3.05) is 40.4 Å². The van der Waals surface area contributed by atoms with Crippen LogP contribution in [0.1, 0.15) is 59.8 Å². The van der Waals surface area contributed by atoms with Gasteiger partial charge in [0.2, 0.25) is 5.91 Å². The van der Waals surface area contributed by atoms with Crippen molar-refractivity contribution in [2.24, 2.45) is 4.99 Å². The zero-order valence-corrected chi connectivity index (χ0v) is 20.1. The Morgan fingerprint density at radius 1 is 1.16 bits per heavy atom. The highest BCUT2D eigenvalue weighted by Gasteiger charge is 2.45. The SMILES string of the molecule is CCOCCCNC(=NCC(=O)N(C)C)NC1CC2CCC(C1)N2C(=O)OC(C)(C)C. The Morgan fingerprint density at radius 3 is 2.35 bits per heavy atom. The number of aliphatic imine (C=N–C) groups is 1. The molecule has 2 N–H and O–H groups in total. The van der Waals surface area contributed by atoms with Crippen molar-refractivity contribution in [3.8, 4) is 0 Å². The van der Waals surface area contributed by atoms with E-state index in [9.17, 15) is 9.59 Å². The van der Waals surface area contributed by atoms with E-state index in [2.05, 4.69) is 15.6 Å². The molecule has 2 heterocycles. The van der Waals surface area contributed by atoms with E-state index in [1.165, 1.54) is 4.90 Å². The van der Waals surface area contributed by atoms with Crippen molar-refractivity contribution in [2.45, 2.75) is 83.5 Å². The van der Waals surface area contributed by atoms with E-state index in [-0.39, 0.29) is 36.7 Å². The normalized spacial score (nSPS) is 23.5. The predicted molar refractivity (Wildman–Crippen MR) is 121 cm³/mol. The molecule has 0 aromatic rings. The summed E-state index contributed by atoms with van der Waals surface area (Å²) in [6.45, 7) is 9.87. The lowest BCUT2D eigenvalue weighted by atomic mass is 9.98. The fourth-order valence-corrected chi connectivity index (χ4v) is 4.07. The van der Waals surface area contributed by atoms with E-state index in [0.29, 0.717) is 25.7 Å². The second-order valence-corrected chi connectivity index (χ2v) is 9.52. The first-order chi connectivity index (χ1) is 14.6. The predicted octanol–water partition coefficient (Wildman–Crippen LogP) is 1.97. The minimum absolute atomic E-state index is 0.0461. The van der Waals surface area contributed by atoms with Crippen molar-refractivity contribution < 1.29 is 19.1 Å². The third-order valence-electron chi connectivity index (χ3n) is 5.51. The summed E-state index contributed by atoms with van der Waals surface area (Å²) in [7, 11) is 3.45. The van der Waals surface area contributed by atoms with Crippen LogP contribution in [0.25, 0.3) is 0 Å². The number of guanidine groups is 1. The van der Waals surface area contributed by atoms with Crippen LogP contribution in [0.2, 0.25) is 0 Å². The molecule has 9 nitrogen and oxygen atoms in total. The largest absolute Gasteiger partial charge is 0.444 e. The molecule has 2 rings (SSSR count). The first kappa shape index (κ1) is 25.2. The first-order valence-electron chi connectivity index (χ1n) is 11.4. The van der Waals surface area contributed by atoms with Gasteiger partial charge in [0.15, 0.2) is 5.96 Å². The van der Waals surface area contributed by atoms with Crippen molar-refractivity contribution in [3.05, 3.63) is 0 Å². The molecule has 2 atom stereocenters. The average Bonchev–Trinajstić information content (AvgIpc) is 2.95. The molecule has 2 unspecified atom stereocenters. The first-order valence-corrected chi connectivity index (χ1v) is 11.4. The number of fused-ring (bicyclic) bond motifs is 2. The lowest BCUT2D eigenvalue weighted by molar-refractivity contribution is -0.127. The maximum absolute atomic E-state index is 12.7. The van der Waals surface area contributed by atoms with Gasteiger partial charge in [-0.3, -0.25) is 4.79 Å². The van der Waals surface area contributed by atoms with Gasteiger partial charge in [0, 0.05) is 52.0 Å². The number of ether oxygens (including phenoxy) is 2. The molecule has 2 bridgehead atoms. The van der Waals surface area contributed by atoms with Gasteiger partial charge in [-0.1, -0.05) is 0 Å². The minimum Gasteiger partial charge on any atom is -0.444 e. The summed E-state index contributed by atoms with van der Waals surface area (Å²) in [6.07, 6.45) is 4.33. The second-order valence-electron chi connectivity index (χ2n) is 9.52. The summed E-state index contributed by atoms with van der Waals surface area (Å²) >= 11 is 0. The zero-order chi connectivity index (χ0) is 23.0. The Morgan fingerprint density at radius 2 is 1.81 bits per heavy atom. The van der Waals surface area contributed by atoms with Gasteiger partial charge in [-0.15, -0.1) is 0 Å². The van der Waals surface area contributed by atoms with E-state index in [1.807, 2.05) is 32.6 Å². The Bertz CT molecular complexity index is 618. The molecule has 0 aromatic carbocycles. The summed E-state index contributed by atoms with van der Waals surface area (Å²) in [5, 5.41) is 6.82. The van der Waals surface area contributed by atoms with E-state index < -0.39 is 5.60 Å². The van der Waals surface area contributed by atoms with Gasteiger partial charge >= 0.3 is 6.09 Å². The molecule has 0 spiro atoms. The molecule has 2 aliphatic heterocycles. The molecular weight excluding hydrogens is 398 g/mol. The number of rotatable bonds is 8. The number of piperidine rings is 1. The van der Waals surface area contributed by atoms with Crippen molar-refractivity contribution in [1.29, 1.82) is 0 Å². The van der Waals surface area contributed by atoms with Gasteiger partial charge in [-0.25, -0.2) is 9.79 Å². The molecule has 2 fully saturated rings. The van der Waals surface area contributed by atoms with Crippen molar-refractivity contribution in [3.63, 3.8) is 0 Å². The molecular formula is C22H41N5O4. The molecule has 2 aliphatic rings. The minimum atomic E-state index is -0.490. The molecule has 178 valence electrons. The number of hydrogen-bond acceptors (Lipinski definition) is 5. The van der Waals surface area contributed by atoms with Crippen LogP contribution < -0.4 is 10.6 Å². The Kier molecular flexibility index (Phi) is 9.40. The highest BCUT2D eigenvalue weighted by atomic mass is 16.6. The fraction of sp³-hybridized carbons (Fsp3) is 0.864. The zero-order valence-electron chi connectivity index (χ0n) is 20.1. The quantitative estimate of drug-likeness (QED) is 0.341. The number of hydrogen-bond donors (Lipinski definition) is 2. The third kappa shape index (κ3) is 8.20. The molecule has 0 saturated carbocycles. The van der Waals surface area contributed by atoms with Gasteiger partial charge in [-0.05, 0) is 59.8 Å². The number of nitrogens with one attached hydrogen (secondary N) is 2. The van der Waals surface area contributed by atoms with Gasteiger partial charge in [0.1, 0.15) is 12.1 Å². The van der Waals surface area contributed by atoms with Crippen molar-refractivity contribution in [1.82, 2.24) is 20.4 Å². The van der Waals surface area contributed by atoms with Crippen LogP contribution in [0.3, 0.4) is 0 Å². The van der Waals surface area contributed by atoms with E-state index in [1.54, 1.807) is 14.1 Å². The van der Waals surface area contributed by atoms with Crippen LogP contribution in [-0.2, 0) is 14.3 Å². The van der Waals surface area contributed by atoms with Crippen LogP contribution in [0.4, 0.5) is 4.79 Å². The van der Waals surface area contributed by atoms with Gasteiger partial charge in [0.05, 0.1) is 0 Å². The van der Waals surface area contributed by atoms with Crippen LogP contribution in [-0.4, -0.2) is 91.9 Å². The number of amides is 2. The maximum Gasteiger partial charge on any atom is 0.410 e. The molecule has 0 aliphatic carbocycles. The molecule has 2 amide bonds. The van der Waals surface area contributed by atoms with Gasteiger partial charge in [0.25, 0.3) is 0 Å². The summed E-state index contributed by atoms with van der Waals surface area (Å²) in [5.41, 5.74) is -0.490. The van der Waals surface area contributed by atoms with E-state index in [4.69, 9.17) is 9.47 Å². The number of carbonyl (C=O) groups is 2. The highest BCUT2D eigenvalue weighted by Crippen LogP contribution is 2.36. The summed E-state index contributed by atoms with van der Waals surface area (Å²) < 4.78 is 11.0. The second kappa shape index (κ2) is 11.5. The number of nitrogens with zero attached hydrogens (tertiary/aromatic N) is 3. The van der Waals surface area contributed by atoms with Crippen LogP contribution in [0.5, 0.6) is 0 Å². The van der Waals surface area contributed by atoms with Gasteiger partial charge < -0.3 is 29.9 Å². The van der Waals surface area contributed by atoms with Crippen LogP contribution in [0, 0.1) is 0 Å². The van der Waals surface area contributed by atoms with E-state index >= 15 is 0 Å². The molecule has 31 heavy (non-hydrogen) atoms. The lowest BCUT2D eigenvalue weighted by Gasteiger charge is -2.40. The standard InChI is InChI=1S/C22H41N5O4/c1-7-30-12-8-11-23-20(24-15-19(28)26(5)6)25-16-13-17-9-10-18(14-16)27(17)21(29)31-22(2,3)4/h16-18H,7-15H2,1-6H3,(H2,23,24,25). The maximum atomic E-state index is 12.7. The summed E-state index contributed by atoms with van der Waals surface area (Å²) in [6, 6.07) is 0.547. The summed E-state index contributed by atoms with van der Waals surface area (Å²) in [4.78, 5) is 32.6. The van der Waals surface area contributed by atoms with Crippen LogP contribution >= 0.6 is 0 Å². The monoisotopic (exact) mass is 439 g/mol. The highest BCUT2D eigenvalue weighted by molar-refractivity contribution is 5.85. The third-order valence-corrected chi connectivity index (χ3v) is 5.51. The Hall–Kier alpha value is -2.03. The van der Waals surface area contributed by atoms with Crippen molar-refractivity contribution >= 4 is 18.0 Å².